The number of rotatable bonds is 7. The van der Waals surface area contributed by atoms with Crippen molar-refractivity contribution in [3.8, 4) is 11.5 Å². The number of pyridine rings is 1. The molecule has 0 aliphatic rings. The predicted molar refractivity (Wildman–Crippen MR) is 82.4 cm³/mol. The number of ether oxygens (including phenoxy) is 3. The molecule has 0 radical (unpaired) electrons. The van der Waals surface area contributed by atoms with Gasteiger partial charge in [0.1, 0.15) is 24.7 Å². The molecule has 116 valence electrons. The zero-order valence-corrected chi connectivity index (χ0v) is 12.7. The largest absolute Gasteiger partial charge is 0.490 e. The summed E-state index contributed by atoms with van der Waals surface area (Å²) in [4.78, 5) is 15.8. The molecule has 1 aromatic heterocycles. The predicted octanol–water partition coefficient (Wildman–Crippen LogP) is 3.02. The SMILES string of the molecule is CCOC(=O)c1cccc(OCCOc2ccc(C)nc2)c1. The number of nitrogens with zero attached hydrogens (tertiary/aromatic N) is 1. The molecule has 1 heterocycles. The van der Waals surface area contributed by atoms with Crippen LogP contribution in [0.25, 0.3) is 0 Å². The smallest absolute Gasteiger partial charge is 0.338 e. The van der Waals surface area contributed by atoms with Gasteiger partial charge in [0.25, 0.3) is 0 Å². The number of carbonyl (C=O) groups is 1. The van der Waals surface area contributed by atoms with Gasteiger partial charge in [0.15, 0.2) is 0 Å². The highest BCUT2D eigenvalue weighted by Gasteiger charge is 2.07. The Morgan fingerprint density at radius 1 is 1.09 bits per heavy atom. The molecular weight excluding hydrogens is 282 g/mol. The van der Waals surface area contributed by atoms with Crippen LogP contribution in [0.3, 0.4) is 0 Å². The normalized spacial score (nSPS) is 10.1. The monoisotopic (exact) mass is 301 g/mol. The van der Waals surface area contributed by atoms with Crippen LogP contribution in [0.1, 0.15) is 23.0 Å². The van der Waals surface area contributed by atoms with Crippen molar-refractivity contribution >= 4 is 5.97 Å². The van der Waals surface area contributed by atoms with E-state index in [1.54, 1.807) is 37.4 Å². The van der Waals surface area contributed by atoms with Crippen molar-refractivity contribution in [3.63, 3.8) is 0 Å². The fourth-order valence-corrected chi connectivity index (χ4v) is 1.79. The highest BCUT2D eigenvalue weighted by Crippen LogP contribution is 2.14. The van der Waals surface area contributed by atoms with Crippen LogP contribution in [0, 0.1) is 6.92 Å². The van der Waals surface area contributed by atoms with E-state index >= 15 is 0 Å². The van der Waals surface area contributed by atoms with E-state index in [4.69, 9.17) is 14.2 Å². The van der Waals surface area contributed by atoms with Gasteiger partial charge in [-0.2, -0.15) is 0 Å². The van der Waals surface area contributed by atoms with Crippen LogP contribution in [0.15, 0.2) is 42.6 Å². The minimum Gasteiger partial charge on any atom is -0.490 e. The maximum Gasteiger partial charge on any atom is 0.338 e. The second-order valence-electron chi connectivity index (χ2n) is 4.58. The topological polar surface area (TPSA) is 57.7 Å². The van der Waals surface area contributed by atoms with Gasteiger partial charge in [0.2, 0.25) is 0 Å². The van der Waals surface area contributed by atoms with E-state index in [9.17, 15) is 4.79 Å². The van der Waals surface area contributed by atoms with Gasteiger partial charge >= 0.3 is 5.97 Å². The quantitative estimate of drug-likeness (QED) is 0.581. The summed E-state index contributed by atoms with van der Waals surface area (Å²) in [6.07, 6.45) is 1.68. The molecule has 2 rings (SSSR count). The first-order valence-corrected chi connectivity index (χ1v) is 7.14. The van der Waals surface area contributed by atoms with Crippen LogP contribution in [0.4, 0.5) is 0 Å². The van der Waals surface area contributed by atoms with E-state index in [1.165, 1.54) is 0 Å². The van der Waals surface area contributed by atoms with Crippen molar-refractivity contribution < 1.29 is 19.0 Å². The van der Waals surface area contributed by atoms with Crippen molar-refractivity contribution in [2.45, 2.75) is 13.8 Å². The Morgan fingerprint density at radius 2 is 1.86 bits per heavy atom. The number of benzene rings is 1. The van der Waals surface area contributed by atoms with Gasteiger partial charge in [-0.3, -0.25) is 4.98 Å². The van der Waals surface area contributed by atoms with Crippen molar-refractivity contribution in [2.75, 3.05) is 19.8 Å². The van der Waals surface area contributed by atoms with Crippen molar-refractivity contribution in [3.05, 3.63) is 53.9 Å². The Labute approximate surface area is 129 Å². The zero-order chi connectivity index (χ0) is 15.8. The molecule has 0 atom stereocenters. The molecule has 0 unspecified atom stereocenters. The molecular formula is C17H19NO4. The molecule has 5 nitrogen and oxygen atoms in total. The molecule has 1 aromatic carbocycles. The molecule has 0 aliphatic heterocycles. The summed E-state index contributed by atoms with van der Waals surface area (Å²) >= 11 is 0. The Hall–Kier alpha value is -2.56. The van der Waals surface area contributed by atoms with Crippen LogP contribution in [-0.4, -0.2) is 30.8 Å². The molecule has 0 spiro atoms. The van der Waals surface area contributed by atoms with Gasteiger partial charge in [-0.1, -0.05) is 6.07 Å². The van der Waals surface area contributed by atoms with Gasteiger partial charge in [-0.05, 0) is 44.2 Å². The molecule has 2 aromatic rings. The number of hydrogen-bond donors (Lipinski definition) is 0. The first-order chi connectivity index (χ1) is 10.7. The van der Waals surface area contributed by atoms with Gasteiger partial charge in [-0.15, -0.1) is 0 Å². The lowest BCUT2D eigenvalue weighted by Gasteiger charge is -2.09. The second-order valence-corrected chi connectivity index (χ2v) is 4.58. The third kappa shape index (κ3) is 4.77. The summed E-state index contributed by atoms with van der Waals surface area (Å²) in [7, 11) is 0. The summed E-state index contributed by atoms with van der Waals surface area (Å²) in [6.45, 7) is 4.82. The van der Waals surface area contributed by atoms with Crippen molar-refractivity contribution in [1.29, 1.82) is 0 Å². The molecule has 0 saturated carbocycles. The molecule has 0 fully saturated rings. The van der Waals surface area contributed by atoms with E-state index in [0.717, 1.165) is 5.69 Å². The first kappa shape index (κ1) is 15.8. The van der Waals surface area contributed by atoms with Crippen molar-refractivity contribution in [1.82, 2.24) is 4.98 Å². The molecule has 22 heavy (non-hydrogen) atoms. The third-order valence-corrected chi connectivity index (χ3v) is 2.85. The van der Waals surface area contributed by atoms with E-state index in [2.05, 4.69) is 4.98 Å². The van der Waals surface area contributed by atoms with Gasteiger partial charge in [-0.25, -0.2) is 4.79 Å². The van der Waals surface area contributed by atoms with Crippen LogP contribution in [0.5, 0.6) is 11.5 Å². The third-order valence-electron chi connectivity index (χ3n) is 2.85. The highest BCUT2D eigenvalue weighted by atomic mass is 16.5. The standard InChI is InChI=1S/C17H19NO4/c1-3-20-17(19)14-5-4-6-15(11-14)21-9-10-22-16-8-7-13(2)18-12-16/h4-8,11-12H,3,9-10H2,1-2H3. The number of aryl methyl sites for hydroxylation is 1. The Balaban J connectivity index is 1.80. The zero-order valence-electron chi connectivity index (χ0n) is 12.7. The van der Waals surface area contributed by atoms with Gasteiger partial charge < -0.3 is 14.2 Å². The summed E-state index contributed by atoms with van der Waals surface area (Å²) in [5.74, 6) is 0.959. The highest BCUT2D eigenvalue weighted by molar-refractivity contribution is 5.89. The number of hydrogen-bond acceptors (Lipinski definition) is 5. The minimum atomic E-state index is -0.352. The van der Waals surface area contributed by atoms with E-state index < -0.39 is 0 Å². The number of esters is 1. The van der Waals surface area contributed by atoms with Gasteiger partial charge in [0, 0.05) is 5.69 Å². The number of carbonyl (C=O) groups excluding carboxylic acids is 1. The summed E-state index contributed by atoms with van der Waals surface area (Å²) < 4.78 is 16.0. The van der Waals surface area contributed by atoms with E-state index in [0.29, 0.717) is 36.9 Å². The van der Waals surface area contributed by atoms with E-state index in [1.807, 2.05) is 19.1 Å². The maximum absolute atomic E-state index is 11.6. The lowest BCUT2D eigenvalue weighted by atomic mass is 10.2. The molecule has 0 aliphatic carbocycles. The summed E-state index contributed by atoms with van der Waals surface area (Å²) in [5.41, 5.74) is 1.42. The van der Waals surface area contributed by atoms with Crippen LogP contribution in [-0.2, 0) is 4.74 Å². The molecule has 5 heteroatoms. The first-order valence-electron chi connectivity index (χ1n) is 7.14. The fourth-order valence-electron chi connectivity index (χ4n) is 1.79. The fraction of sp³-hybridized carbons (Fsp3) is 0.294. The lowest BCUT2D eigenvalue weighted by Crippen LogP contribution is -2.10. The molecule has 0 saturated heterocycles. The number of aromatic nitrogens is 1. The molecule has 0 N–H and O–H groups in total. The molecule has 0 bridgehead atoms. The average molecular weight is 301 g/mol. The second kappa shape index (κ2) is 8.02. The van der Waals surface area contributed by atoms with Crippen LogP contribution in [0.2, 0.25) is 0 Å². The average Bonchev–Trinajstić information content (AvgIpc) is 2.54. The minimum absolute atomic E-state index is 0.350. The van der Waals surface area contributed by atoms with Crippen molar-refractivity contribution in [2.24, 2.45) is 0 Å². The Kier molecular flexibility index (Phi) is 5.77. The van der Waals surface area contributed by atoms with Crippen LogP contribution >= 0.6 is 0 Å². The summed E-state index contributed by atoms with van der Waals surface area (Å²) in [5, 5.41) is 0. The Bertz CT molecular complexity index is 610. The van der Waals surface area contributed by atoms with E-state index in [-0.39, 0.29) is 5.97 Å². The lowest BCUT2D eigenvalue weighted by molar-refractivity contribution is 0.0526. The molecule has 0 amide bonds. The summed E-state index contributed by atoms with van der Waals surface area (Å²) in [6, 6.07) is 10.6. The maximum atomic E-state index is 11.6. The van der Waals surface area contributed by atoms with Crippen LogP contribution < -0.4 is 9.47 Å². The Morgan fingerprint density at radius 3 is 2.55 bits per heavy atom. The van der Waals surface area contributed by atoms with Gasteiger partial charge in [0.05, 0.1) is 18.4 Å².